The van der Waals surface area contributed by atoms with Crippen molar-refractivity contribution in [3.05, 3.63) is 12.5 Å². The molecule has 0 aromatic carbocycles. The predicted molar refractivity (Wildman–Crippen MR) is 78.7 cm³/mol. The molecule has 2 aromatic rings. The number of rotatable bonds is 4. The molecule has 7 nitrogen and oxygen atoms in total. The fraction of sp³-hybridized carbons (Fsp3) is 0.615. The lowest BCUT2D eigenvalue weighted by Gasteiger charge is -2.36. The molecule has 1 unspecified atom stereocenters. The summed E-state index contributed by atoms with van der Waals surface area (Å²) >= 11 is 0. The molecule has 0 bridgehead atoms. The largest absolute Gasteiger partial charge is 0.368 e. The monoisotopic (exact) mass is 275 g/mol. The van der Waals surface area contributed by atoms with Crippen LogP contribution in [0.3, 0.4) is 0 Å². The van der Waals surface area contributed by atoms with Gasteiger partial charge in [0.2, 0.25) is 0 Å². The highest BCUT2D eigenvalue weighted by Gasteiger charge is 2.19. The van der Waals surface area contributed by atoms with Crippen LogP contribution in [0.5, 0.6) is 0 Å². The van der Waals surface area contributed by atoms with E-state index in [1.165, 1.54) is 0 Å². The zero-order valence-electron chi connectivity index (χ0n) is 12.0. The summed E-state index contributed by atoms with van der Waals surface area (Å²) in [7, 11) is 2.18. The predicted octanol–water partition coefficient (Wildman–Crippen LogP) is 0.401. The molecule has 2 N–H and O–H groups in total. The van der Waals surface area contributed by atoms with Gasteiger partial charge in [-0.3, -0.25) is 10.00 Å². The summed E-state index contributed by atoms with van der Waals surface area (Å²) in [4.78, 5) is 13.3. The molecule has 1 saturated heterocycles. The molecular weight excluding hydrogens is 254 g/mol. The van der Waals surface area contributed by atoms with Crippen LogP contribution in [0.2, 0.25) is 0 Å². The van der Waals surface area contributed by atoms with Crippen molar-refractivity contribution in [1.29, 1.82) is 0 Å². The average molecular weight is 275 g/mol. The van der Waals surface area contributed by atoms with Crippen molar-refractivity contribution in [2.45, 2.75) is 13.0 Å². The van der Waals surface area contributed by atoms with Gasteiger partial charge in [-0.25, -0.2) is 9.97 Å². The number of anilines is 1. The molecule has 1 aliphatic heterocycles. The van der Waals surface area contributed by atoms with Crippen LogP contribution in [-0.4, -0.2) is 75.8 Å². The third-order valence-corrected chi connectivity index (χ3v) is 3.97. The lowest BCUT2D eigenvalue weighted by molar-refractivity contribution is 0.123. The summed E-state index contributed by atoms with van der Waals surface area (Å²) in [5.41, 5.74) is 0.773. The van der Waals surface area contributed by atoms with E-state index in [-0.39, 0.29) is 0 Å². The van der Waals surface area contributed by atoms with E-state index < -0.39 is 0 Å². The second-order valence-electron chi connectivity index (χ2n) is 5.42. The second-order valence-corrected chi connectivity index (χ2v) is 5.42. The molecule has 2 aromatic heterocycles. The van der Waals surface area contributed by atoms with Crippen molar-refractivity contribution < 1.29 is 0 Å². The standard InChI is InChI=1S/C13H21N7/c1-10(20-5-3-19(2)4-6-20)7-14-12-11-8-17-18-13(11)16-9-15-12/h8-10H,3-7H2,1-2H3,(H2,14,15,16,17,18). The maximum Gasteiger partial charge on any atom is 0.160 e. The summed E-state index contributed by atoms with van der Waals surface area (Å²) in [6.07, 6.45) is 3.32. The molecule has 1 atom stereocenters. The number of aromatic amines is 1. The molecule has 0 aliphatic carbocycles. The van der Waals surface area contributed by atoms with Gasteiger partial charge in [-0.05, 0) is 14.0 Å². The first-order valence-corrected chi connectivity index (χ1v) is 7.04. The van der Waals surface area contributed by atoms with Gasteiger partial charge in [0.15, 0.2) is 5.65 Å². The third-order valence-electron chi connectivity index (χ3n) is 3.97. The summed E-state index contributed by atoms with van der Waals surface area (Å²) in [5.74, 6) is 0.852. The Morgan fingerprint density at radius 1 is 1.30 bits per heavy atom. The quantitative estimate of drug-likeness (QED) is 0.841. The van der Waals surface area contributed by atoms with Gasteiger partial charge in [-0.1, -0.05) is 0 Å². The molecule has 3 heterocycles. The summed E-state index contributed by atoms with van der Waals surface area (Å²) in [5, 5.41) is 11.2. The summed E-state index contributed by atoms with van der Waals surface area (Å²) in [6, 6.07) is 0.487. The number of hydrogen-bond donors (Lipinski definition) is 2. The number of hydrogen-bond acceptors (Lipinski definition) is 6. The van der Waals surface area contributed by atoms with Gasteiger partial charge >= 0.3 is 0 Å². The topological polar surface area (TPSA) is 73.0 Å². The maximum atomic E-state index is 4.30. The van der Waals surface area contributed by atoms with Crippen molar-refractivity contribution in [3.8, 4) is 0 Å². The van der Waals surface area contributed by atoms with Crippen LogP contribution in [0.15, 0.2) is 12.5 Å². The van der Waals surface area contributed by atoms with E-state index in [0.29, 0.717) is 6.04 Å². The molecule has 0 radical (unpaired) electrons. The lowest BCUT2D eigenvalue weighted by Crippen LogP contribution is -2.49. The van der Waals surface area contributed by atoms with Crippen LogP contribution in [0, 0.1) is 0 Å². The molecule has 0 amide bonds. The van der Waals surface area contributed by atoms with E-state index in [0.717, 1.165) is 49.6 Å². The van der Waals surface area contributed by atoms with E-state index in [1.54, 1.807) is 12.5 Å². The van der Waals surface area contributed by atoms with Crippen molar-refractivity contribution in [3.63, 3.8) is 0 Å². The van der Waals surface area contributed by atoms with Gasteiger partial charge in [0, 0.05) is 38.8 Å². The fourth-order valence-corrected chi connectivity index (χ4v) is 2.54. The number of nitrogens with zero attached hydrogens (tertiary/aromatic N) is 5. The first kappa shape index (κ1) is 13.3. The Morgan fingerprint density at radius 3 is 2.90 bits per heavy atom. The second kappa shape index (κ2) is 5.72. The van der Waals surface area contributed by atoms with Crippen LogP contribution in [0.25, 0.3) is 11.0 Å². The molecule has 108 valence electrons. The van der Waals surface area contributed by atoms with E-state index in [4.69, 9.17) is 0 Å². The fourth-order valence-electron chi connectivity index (χ4n) is 2.54. The minimum atomic E-state index is 0.487. The van der Waals surface area contributed by atoms with Crippen LogP contribution < -0.4 is 5.32 Å². The highest BCUT2D eigenvalue weighted by molar-refractivity contribution is 5.85. The normalized spacial score (nSPS) is 19.3. The zero-order valence-corrected chi connectivity index (χ0v) is 12.0. The van der Waals surface area contributed by atoms with E-state index >= 15 is 0 Å². The smallest absolute Gasteiger partial charge is 0.160 e. The Bertz CT molecular complexity index is 559. The average Bonchev–Trinajstić information content (AvgIpc) is 2.94. The van der Waals surface area contributed by atoms with Crippen LogP contribution >= 0.6 is 0 Å². The number of aromatic nitrogens is 4. The Morgan fingerprint density at radius 2 is 2.10 bits per heavy atom. The molecule has 20 heavy (non-hydrogen) atoms. The molecule has 3 rings (SSSR count). The lowest BCUT2D eigenvalue weighted by atomic mass is 10.2. The number of nitrogens with one attached hydrogen (secondary N) is 2. The molecular formula is C13H21N7. The number of piperazine rings is 1. The minimum absolute atomic E-state index is 0.487. The zero-order chi connectivity index (χ0) is 13.9. The van der Waals surface area contributed by atoms with Crippen molar-refractivity contribution >= 4 is 16.9 Å². The third kappa shape index (κ3) is 2.73. The highest BCUT2D eigenvalue weighted by Crippen LogP contribution is 2.16. The van der Waals surface area contributed by atoms with Gasteiger partial charge in [-0.2, -0.15) is 5.10 Å². The number of H-pyrrole nitrogens is 1. The van der Waals surface area contributed by atoms with E-state index in [2.05, 4.69) is 49.3 Å². The molecule has 7 heteroatoms. The van der Waals surface area contributed by atoms with Crippen molar-refractivity contribution in [1.82, 2.24) is 30.0 Å². The van der Waals surface area contributed by atoms with Crippen molar-refractivity contribution in [2.75, 3.05) is 45.1 Å². The van der Waals surface area contributed by atoms with E-state index in [9.17, 15) is 0 Å². The van der Waals surface area contributed by atoms with Crippen LogP contribution in [0.1, 0.15) is 6.92 Å². The summed E-state index contributed by atoms with van der Waals surface area (Å²) in [6.45, 7) is 7.68. The minimum Gasteiger partial charge on any atom is -0.368 e. The first-order chi connectivity index (χ1) is 9.74. The Hall–Kier alpha value is -1.73. The molecule has 1 aliphatic rings. The van der Waals surface area contributed by atoms with Crippen LogP contribution in [0.4, 0.5) is 5.82 Å². The SMILES string of the molecule is CC(CNc1ncnc2[nH]ncc12)N1CCN(C)CC1. The van der Waals surface area contributed by atoms with Gasteiger partial charge < -0.3 is 10.2 Å². The first-order valence-electron chi connectivity index (χ1n) is 7.04. The number of likely N-dealkylation sites (N-methyl/N-ethyl adjacent to an activating group) is 1. The van der Waals surface area contributed by atoms with Crippen LogP contribution in [-0.2, 0) is 0 Å². The molecule has 1 fully saturated rings. The Balaban J connectivity index is 1.60. The molecule has 0 spiro atoms. The molecule has 0 saturated carbocycles. The maximum absolute atomic E-state index is 4.30. The highest BCUT2D eigenvalue weighted by atomic mass is 15.3. The van der Waals surface area contributed by atoms with Crippen molar-refractivity contribution in [2.24, 2.45) is 0 Å². The summed E-state index contributed by atoms with van der Waals surface area (Å²) < 4.78 is 0. The Labute approximate surface area is 118 Å². The van der Waals surface area contributed by atoms with Gasteiger partial charge in [0.05, 0.1) is 11.6 Å². The van der Waals surface area contributed by atoms with Gasteiger partial charge in [0.25, 0.3) is 0 Å². The van der Waals surface area contributed by atoms with Gasteiger partial charge in [-0.15, -0.1) is 0 Å². The number of fused-ring (bicyclic) bond motifs is 1. The van der Waals surface area contributed by atoms with Gasteiger partial charge in [0.1, 0.15) is 12.1 Å². The Kier molecular flexibility index (Phi) is 3.79. The van der Waals surface area contributed by atoms with E-state index in [1.807, 2.05) is 0 Å².